The van der Waals surface area contributed by atoms with Gasteiger partial charge in [-0.05, 0) is 42.3 Å². The molecule has 0 saturated heterocycles. The van der Waals surface area contributed by atoms with E-state index in [1.165, 1.54) is 0 Å². The highest BCUT2D eigenvalue weighted by Gasteiger charge is 2.10. The van der Waals surface area contributed by atoms with Crippen LogP contribution in [0.15, 0.2) is 41.4 Å². The Morgan fingerprint density at radius 2 is 1.81 bits per heavy atom. The maximum absolute atomic E-state index is 10.1. The molecule has 2 N–H and O–H groups in total. The first-order valence-electron chi connectivity index (χ1n) is 8.25. The monoisotopic (exact) mass is 354 g/mol. The molecule has 0 fully saturated rings. The lowest BCUT2D eigenvalue weighted by Crippen LogP contribution is -1.95. The molecule has 6 nitrogen and oxygen atoms in total. The highest BCUT2D eigenvalue weighted by atomic mass is 16.5. The fourth-order valence-electron chi connectivity index (χ4n) is 2.82. The van der Waals surface area contributed by atoms with E-state index in [0.29, 0.717) is 23.6 Å². The Labute approximate surface area is 152 Å². The predicted octanol–water partition coefficient (Wildman–Crippen LogP) is 3.56. The maximum Gasteiger partial charge on any atom is 0.198 e. The number of nitrogens with zero attached hydrogens (tertiary/aromatic N) is 1. The van der Waals surface area contributed by atoms with Crippen LogP contribution in [0.25, 0.3) is 10.9 Å². The summed E-state index contributed by atoms with van der Waals surface area (Å²) in [7, 11) is 4.85. The molecule has 1 aromatic heterocycles. The number of H-pyrrole nitrogens is 1. The quantitative estimate of drug-likeness (QED) is 0.636. The van der Waals surface area contributed by atoms with E-state index in [2.05, 4.69) is 9.98 Å². The van der Waals surface area contributed by atoms with E-state index in [1.807, 2.05) is 36.4 Å². The fourth-order valence-corrected chi connectivity index (χ4v) is 2.82. The third-order valence-corrected chi connectivity index (χ3v) is 4.22. The van der Waals surface area contributed by atoms with Gasteiger partial charge in [-0.1, -0.05) is 6.07 Å². The van der Waals surface area contributed by atoms with Crippen LogP contribution in [0.3, 0.4) is 0 Å². The number of aromatic amines is 1. The molecule has 2 aromatic carbocycles. The Hall–Kier alpha value is -3.15. The molecular weight excluding hydrogens is 332 g/mol. The van der Waals surface area contributed by atoms with E-state index in [1.54, 1.807) is 27.5 Å². The smallest absolute Gasteiger partial charge is 0.198 e. The second-order valence-corrected chi connectivity index (χ2v) is 5.77. The van der Waals surface area contributed by atoms with E-state index in [-0.39, 0.29) is 5.88 Å². The Balaban J connectivity index is 1.73. The minimum atomic E-state index is 0.100. The maximum atomic E-state index is 10.1. The molecule has 3 aromatic rings. The first-order chi connectivity index (χ1) is 12.7. The number of nitrogens with one attached hydrogen (secondary N) is 1. The van der Waals surface area contributed by atoms with Gasteiger partial charge in [0.25, 0.3) is 0 Å². The largest absolute Gasteiger partial charge is 0.497 e. The van der Waals surface area contributed by atoms with Gasteiger partial charge < -0.3 is 24.3 Å². The van der Waals surface area contributed by atoms with Crippen LogP contribution in [0.4, 0.5) is 0 Å². The summed E-state index contributed by atoms with van der Waals surface area (Å²) < 4.78 is 15.8. The second kappa shape index (κ2) is 7.82. The molecule has 0 unspecified atom stereocenters. The number of methoxy groups -OCH3 is 3. The summed E-state index contributed by atoms with van der Waals surface area (Å²) in [6.07, 6.45) is 2.44. The number of aromatic nitrogens is 1. The number of aliphatic imine (C=N–C) groups is 1. The van der Waals surface area contributed by atoms with Crippen molar-refractivity contribution in [3.05, 3.63) is 47.5 Å². The lowest BCUT2D eigenvalue weighted by Gasteiger charge is -2.08. The van der Waals surface area contributed by atoms with Gasteiger partial charge >= 0.3 is 0 Å². The number of rotatable bonds is 7. The normalized spacial score (nSPS) is 11.2. The molecule has 0 amide bonds. The van der Waals surface area contributed by atoms with Gasteiger partial charge in [0.15, 0.2) is 17.4 Å². The molecule has 0 spiro atoms. The summed E-state index contributed by atoms with van der Waals surface area (Å²) in [4.78, 5) is 7.40. The first kappa shape index (κ1) is 17.7. The zero-order valence-corrected chi connectivity index (χ0v) is 15.1. The Kier molecular flexibility index (Phi) is 5.31. The van der Waals surface area contributed by atoms with Gasteiger partial charge in [-0.25, -0.2) is 0 Å². The molecule has 0 atom stereocenters. The summed E-state index contributed by atoms with van der Waals surface area (Å²) >= 11 is 0. The van der Waals surface area contributed by atoms with E-state index in [9.17, 15) is 5.11 Å². The Bertz CT molecular complexity index is 931. The molecule has 26 heavy (non-hydrogen) atoms. The topological polar surface area (TPSA) is 76.1 Å². The van der Waals surface area contributed by atoms with Crippen molar-refractivity contribution in [2.75, 3.05) is 27.9 Å². The number of ether oxygens (including phenoxy) is 3. The zero-order valence-electron chi connectivity index (χ0n) is 15.1. The lowest BCUT2D eigenvalue weighted by atomic mass is 10.1. The van der Waals surface area contributed by atoms with Gasteiger partial charge in [0.05, 0.1) is 26.9 Å². The van der Waals surface area contributed by atoms with Crippen LogP contribution in [0.5, 0.6) is 23.1 Å². The Morgan fingerprint density at radius 3 is 2.54 bits per heavy atom. The van der Waals surface area contributed by atoms with Crippen molar-refractivity contribution in [3.8, 4) is 23.1 Å². The summed E-state index contributed by atoms with van der Waals surface area (Å²) in [5.74, 6) is 2.24. The van der Waals surface area contributed by atoms with Crippen molar-refractivity contribution in [1.29, 1.82) is 0 Å². The van der Waals surface area contributed by atoms with Crippen LogP contribution in [-0.2, 0) is 6.42 Å². The SMILES string of the molecule is COc1ccc2[nH]c(O)c(C=NCCc3ccc(OC)c(OC)c3)c2c1. The van der Waals surface area contributed by atoms with Crippen molar-refractivity contribution in [2.24, 2.45) is 4.99 Å². The van der Waals surface area contributed by atoms with Crippen molar-refractivity contribution in [3.63, 3.8) is 0 Å². The molecule has 0 aliphatic carbocycles. The van der Waals surface area contributed by atoms with E-state index < -0.39 is 0 Å². The molecule has 0 radical (unpaired) electrons. The molecule has 0 aliphatic heterocycles. The standard InChI is InChI=1S/C20H22N2O4/c1-24-14-5-6-17-15(11-14)16(20(23)22-17)12-21-9-8-13-4-7-18(25-2)19(10-13)26-3/h4-7,10-12,22-23H,8-9H2,1-3H3. The highest BCUT2D eigenvalue weighted by molar-refractivity contribution is 6.02. The average molecular weight is 354 g/mol. The van der Waals surface area contributed by atoms with Crippen molar-refractivity contribution >= 4 is 17.1 Å². The third-order valence-electron chi connectivity index (χ3n) is 4.22. The van der Waals surface area contributed by atoms with Crippen LogP contribution in [-0.4, -0.2) is 44.2 Å². The number of fused-ring (bicyclic) bond motifs is 1. The van der Waals surface area contributed by atoms with Gasteiger partial charge in [-0.3, -0.25) is 4.99 Å². The summed E-state index contributed by atoms with van der Waals surface area (Å²) in [6.45, 7) is 0.589. The van der Waals surface area contributed by atoms with Gasteiger partial charge in [-0.15, -0.1) is 0 Å². The summed E-state index contributed by atoms with van der Waals surface area (Å²) in [6, 6.07) is 11.4. The van der Waals surface area contributed by atoms with Crippen LogP contribution < -0.4 is 14.2 Å². The van der Waals surface area contributed by atoms with Gasteiger partial charge in [0.1, 0.15) is 5.75 Å². The molecule has 0 aliphatic rings. The van der Waals surface area contributed by atoms with E-state index >= 15 is 0 Å². The zero-order chi connectivity index (χ0) is 18.5. The number of benzene rings is 2. The van der Waals surface area contributed by atoms with Crippen LogP contribution >= 0.6 is 0 Å². The number of aromatic hydroxyl groups is 1. The van der Waals surface area contributed by atoms with Crippen molar-refractivity contribution in [2.45, 2.75) is 6.42 Å². The fraction of sp³-hybridized carbons (Fsp3) is 0.250. The summed E-state index contributed by atoms with van der Waals surface area (Å²) in [5.41, 5.74) is 2.60. The van der Waals surface area contributed by atoms with Gasteiger partial charge in [0, 0.05) is 23.7 Å². The number of hydrogen-bond acceptors (Lipinski definition) is 5. The minimum Gasteiger partial charge on any atom is -0.497 e. The molecule has 3 rings (SSSR count). The molecule has 136 valence electrons. The summed E-state index contributed by atoms with van der Waals surface area (Å²) in [5, 5.41) is 11.0. The van der Waals surface area contributed by atoms with Crippen molar-refractivity contribution in [1.82, 2.24) is 4.98 Å². The van der Waals surface area contributed by atoms with E-state index in [4.69, 9.17) is 14.2 Å². The van der Waals surface area contributed by atoms with Crippen LogP contribution in [0.2, 0.25) is 0 Å². The first-order valence-corrected chi connectivity index (χ1v) is 8.25. The van der Waals surface area contributed by atoms with Crippen LogP contribution in [0.1, 0.15) is 11.1 Å². The van der Waals surface area contributed by atoms with Crippen molar-refractivity contribution < 1.29 is 19.3 Å². The van der Waals surface area contributed by atoms with E-state index in [0.717, 1.165) is 28.6 Å². The molecular formula is C20H22N2O4. The lowest BCUT2D eigenvalue weighted by molar-refractivity contribution is 0.354. The predicted molar refractivity (Wildman–Crippen MR) is 102 cm³/mol. The molecule has 0 bridgehead atoms. The molecule has 6 heteroatoms. The third kappa shape index (κ3) is 3.59. The molecule has 0 saturated carbocycles. The number of hydrogen-bond donors (Lipinski definition) is 2. The average Bonchev–Trinajstić information content (AvgIpc) is 2.99. The van der Waals surface area contributed by atoms with Gasteiger partial charge in [-0.2, -0.15) is 0 Å². The van der Waals surface area contributed by atoms with Gasteiger partial charge in [0.2, 0.25) is 0 Å². The Morgan fingerprint density at radius 1 is 1.00 bits per heavy atom. The minimum absolute atomic E-state index is 0.100. The highest BCUT2D eigenvalue weighted by Crippen LogP contribution is 2.29. The second-order valence-electron chi connectivity index (χ2n) is 5.77. The molecule has 1 heterocycles. The van der Waals surface area contributed by atoms with Crippen LogP contribution in [0, 0.1) is 0 Å².